The normalized spacial score (nSPS) is 10.0. The van der Waals surface area contributed by atoms with Crippen LogP contribution < -0.4 is 20.9 Å². The lowest BCUT2D eigenvalue weighted by Gasteiger charge is -2.12. The van der Waals surface area contributed by atoms with Crippen LogP contribution in [0.5, 0.6) is 5.75 Å². The van der Waals surface area contributed by atoms with Gasteiger partial charge in [0.1, 0.15) is 5.75 Å². The van der Waals surface area contributed by atoms with Gasteiger partial charge in [-0.2, -0.15) is 0 Å². The van der Waals surface area contributed by atoms with Crippen LogP contribution in [0.4, 0.5) is 5.69 Å². The van der Waals surface area contributed by atoms with Crippen LogP contribution in [0.15, 0.2) is 48.5 Å². The highest BCUT2D eigenvalue weighted by Crippen LogP contribution is 2.16. The largest absolute Gasteiger partial charge is 0.497 e. The molecule has 5 nitrogen and oxygen atoms in total. The summed E-state index contributed by atoms with van der Waals surface area (Å²) >= 11 is 6.70. The van der Waals surface area contributed by atoms with Gasteiger partial charge in [0.2, 0.25) is 5.91 Å². The van der Waals surface area contributed by atoms with Gasteiger partial charge in [0, 0.05) is 17.5 Å². The first-order chi connectivity index (χ1) is 12.1. The van der Waals surface area contributed by atoms with E-state index in [1.807, 2.05) is 30.3 Å². The molecule has 0 aliphatic carbocycles. The van der Waals surface area contributed by atoms with Crippen molar-refractivity contribution in [2.45, 2.75) is 12.7 Å². The minimum atomic E-state index is -0.132. The van der Waals surface area contributed by atoms with E-state index in [0.717, 1.165) is 17.2 Å². The number of nitrogens with one attached hydrogen (secondary N) is 3. The number of hydrazine groups is 1. The maximum absolute atomic E-state index is 11.9. The molecular weight excluding hydrogens is 354 g/mol. The van der Waals surface area contributed by atoms with E-state index in [1.54, 1.807) is 18.9 Å². The Kier molecular flexibility index (Phi) is 7.56. The van der Waals surface area contributed by atoms with E-state index in [9.17, 15) is 4.79 Å². The van der Waals surface area contributed by atoms with Crippen LogP contribution >= 0.6 is 24.0 Å². The fourth-order valence-corrected chi connectivity index (χ4v) is 3.03. The Morgan fingerprint density at radius 1 is 1.16 bits per heavy atom. The maximum Gasteiger partial charge on any atom is 0.248 e. The lowest BCUT2D eigenvalue weighted by atomic mass is 10.2. The predicted octanol–water partition coefficient (Wildman–Crippen LogP) is 3.25. The van der Waals surface area contributed by atoms with E-state index in [-0.39, 0.29) is 5.91 Å². The zero-order valence-electron chi connectivity index (χ0n) is 14.2. The summed E-state index contributed by atoms with van der Waals surface area (Å²) in [6.45, 7) is 2.06. The summed E-state index contributed by atoms with van der Waals surface area (Å²) in [5, 5.41) is 3.29. The van der Waals surface area contributed by atoms with Crippen molar-refractivity contribution in [3.63, 3.8) is 0 Å². The van der Waals surface area contributed by atoms with Crippen LogP contribution in [0.1, 0.15) is 11.1 Å². The minimum absolute atomic E-state index is 0.132. The maximum atomic E-state index is 11.9. The first kappa shape index (κ1) is 19.1. The number of amides is 1. The third kappa shape index (κ3) is 7.03. The number of carbonyl (C=O) groups excluding carboxylic acids is 1. The van der Waals surface area contributed by atoms with Gasteiger partial charge in [-0.15, -0.1) is 11.8 Å². The molecule has 1 amide bonds. The van der Waals surface area contributed by atoms with Crippen molar-refractivity contribution >= 4 is 40.7 Å². The number of aryl methyl sites for hydroxylation is 1. The molecule has 0 aromatic heterocycles. The summed E-state index contributed by atoms with van der Waals surface area (Å²) in [7, 11) is 1.60. The first-order valence-corrected chi connectivity index (χ1v) is 9.26. The second kappa shape index (κ2) is 9.90. The molecule has 0 bridgehead atoms. The van der Waals surface area contributed by atoms with Gasteiger partial charge < -0.3 is 10.1 Å². The summed E-state index contributed by atoms with van der Waals surface area (Å²) < 4.78 is 5.15. The summed E-state index contributed by atoms with van der Waals surface area (Å²) in [6, 6.07) is 15.6. The Balaban J connectivity index is 1.67. The van der Waals surface area contributed by atoms with Crippen molar-refractivity contribution in [1.29, 1.82) is 0 Å². The Bertz CT molecular complexity index is 738. The van der Waals surface area contributed by atoms with E-state index in [1.165, 1.54) is 11.1 Å². The van der Waals surface area contributed by atoms with Gasteiger partial charge in [-0.05, 0) is 36.8 Å². The summed E-state index contributed by atoms with van der Waals surface area (Å²) in [4.78, 5) is 11.9. The van der Waals surface area contributed by atoms with Gasteiger partial charge in [-0.3, -0.25) is 15.6 Å². The standard InChI is InChI=1S/C18H21N3O2S2/c1-13-5-3-6-14(9-13)11-25-12-17(22)20-21-18(24)19-15-7-4-8-16(10-15)23-2/h3-10H,11-12H2,1-2H3,(H,20,22)(H2,19,21,24). The van der Waals surface area contributed by atoms with Gasteiger partial charge in [-0.1, -0.05) is 35.9 Å². The molecule has 0 saturated carbocycles. The van der Waals surface area contributed by atoms with E-state index < -0.39 is 0 Å². The molecule has 0 atom stereocenters. The van der Waals surface area contributed by atoms with Crippen LogP contribution in [0.2, 0.25) is 0 Å². The number of anilines is 1. The molecule has 0 aliphatic rings. The number of ether oxygens (including phenoxy) is 1. The number of thioether (sulfide) groups is 1. The zero-order chi connectivity index (χ0) is 18.1. The van der Waals surface area contributed by atoms with Gasteiger partial charge in [-0.25, -0.2) is 0 Å². The van der Waals surface area contributed by atoms with Gasteiger partial charge in [0.25, 0.3) is 0 Å². The SMILES string of the molecule is COc1cccc(NC(=S)NNC(=O)CSCc2cccc(C)c2)c1. The fraction of sp³-hybridized carbons (Fsp3) is 0.222. The number of carbonyl (C=O) groups is 1. The molecule has 2 aromatic carbocycles. The predicted molar refractivity (Wildman–Crippen MR) is 108 cm³/mol. The quantitative estimate of drug-likeness (QED) is 0.532. The van der Waals surface area contributed by atoms with Crippen molar-refractivity contribution in [1.82, 2.24) is 10.9 Å². The van der Waals surface area contributed by atoms with Gasteiger partial charge in [0.15, 0.2) is 5.11 Å². The molecule has 0 heterocycles. The average molecular weight is 376 g/mol. The molecule has 2 rings (SSSR count). The molecule has 7 heteroatoms. The molecule has 0 aliphatic heterocycles. The molecule has 0 fully saturated rings. The van der Waals surface area contributed by atoms with Crippen LogP contribution in [-0.4, -0.2) is 23.9 Å². The van der Waals surface area contributed by atoms with Crippen LogP contribution in [0, 0.1) is 6.92 Å². The number of benzene rings is 2. The van der Waals surface area contributed by atoms with Crippen molar-refractivity contribution < 1.29 is 9.53 Å². The van der Waals surface area contributed by atoms with Gasteiger partial charge in [0.05, 0.1) is 12.9 Å². The molecule has 0 spiro atoms. The van der Waals surface area contributed by atoms with Crippen molar-refractivity contribution in [3.8, 4) is 5.75 Å². The molecule has 0 radical (unpaired) electrons. The minimum Gasteiger partial charge on any atom is -0.497 e. The van der Waals surface area contributed by atoms with Gasteiger partial charge >= 0.3 is 0 Å². The average Bonchev–Trinajstić information content (AvgIpc) is 2.60. The third-order valence-corrected chi connectivity index (χ3v) is 4.44. The van der Waals surface area contributed by atoms with E-state index in [2.05, 4.69) is 41.3 Å². The van der Waals surface area contributed by atoms with Crippen molar-refractivity contribution in [2.24, 2.45) is 0 Å². The highest BCUT2D eigenvalue weighted by Gasteiger charge is 2.04. The molecular formula is C18H21N3O2S2. The van der Waals surface area contributed by atoms with Crippen molar-refractivity contribution in [3.05, 3.63) is 59.7 Å². The van der Waals surface area contributed by atoms with Crippen molar-refractivity contribution in [2.75, 3.05) is 18.2 Å². The second-order valence-corrected chi connectivity index (χ2v) is 6.73. The molecule has 0 saturated heterocycles. The highest BCUT2D eigenvalue weighted by atomic mass is 32.2. The smallest absolute Gasteiger partial charge is 0.248 e. The van der Waals surface area contributed by atoms with E-state index in [0.29, 0.717) is 10.9 Å². The topological polar surface area (TPSA) is 62.4 Å². The molecule has 0 unspecified atom stereocenters. The Labute approximate surface area is 157 Å². The zero-order valence-corrected chi connectivity index (χ0v) is 15.8. The first-order valence-electron chi connectivity index (χ1n) is 7.70. The summed E-state index contributed by atoms with van der Waals surface area (Å²) in [5.41, 5.74) is 8.48. The highest BCUT2D eigenvalue weighted by molar-refractivity contribution is 7.99. The Morgan fingerprint density at radius 2 is 1.96 bits per heavy atom. The number of rotatable bonds is 6. The fourth-order valence-electron chi connectivity index (χ4n) is 2.09. The Hall–Kier alpha value is -2.25. The molecule has 3 N–H and O–H groups in total. The molecule has 2 aromatic rings. The number of hydrogen-bond acceptors (Lipinski definition) is 4. The Morgan fingerprint density at radius 3 is 2.72 bits per heavy atom. The van der Waals surface area contributed by atoms with Crippen LogP contribution in [-0.2, 0) is 10.5 Å². The number of hydrogen-bond donors (Lipinski definition) is 3. The molecule has 25 heavy (non-hydrogen) atoms. The van der Waals surface area contributed by atoms with E-state index >= 15 is 0 Å². The summed E-state index contributed by atoms with van der Waals surface area (Å²) in [6.07, 6.45) is 0. The number of thiocarbonyl (C=S) groups is 1. The monoisotopic (exact) mass is 375 g/mol. The summed E-state index contributed by atoms with van der Waals surface area (Å²) in [5.74, 6) is 1.74. The van der Waals surface area contributed by atoms with Crippen LogP contribution in [0.25, 0.3) is 0 Å². The lowest BCUT2D eigenvalue weighted by molar-refractivity contribution is -0.119. The van der Waals surface area contributed by atoms with Crippen LogP contribution in [0.3, 0.4) is 0 Å². The lowest BCUT2D eigenvalue weighted by Crippen LogP contribution is -2.44. The second-order valence-electron chi connectivity index (χ2n) is 5.34. The molecule has 132 valence electrons. The number of methoxy groups -OCH3 is 1. The third-order valence-electron chi connectivity index (χ3n) is 3.23. The van der Waals surface area contributed by atoms with E-state index in [4.69, 9.17) is 17.0 Å².